The van der Waals surface area contributed by atoms with Gasteiger partial charge in [-0.3, -0.25) is 0 Å². The van der Waals surface area contributed by atoms with Crippen LogP contribution in [0, 0.1) is 12.8 Å². The first kappa shape index (κ1) is 10.5. The second kappa shape index (κ2) is 4.07. The highest BCUT2D eigenvalue weighted by Gasteiger charge is 2.13. The highest BCUT2D eigenvalue weighted by atomic mass is 35.5. The number of rotatable bonds is 2. The highest BCUT2D eigenvalue weighted by Crippen LogP contribution is 2.22. The summed E-state index contributed by atoms with van der Waals surface area (Å²) in [6.45, 7) is 6.20. The van der Waals surface area contributed by atoms with Gasteiger partial charge in [0.25, 0.3) is 0 Å². The summed E-state index contributed by atoms with van der Waals surface area (Å²) in [6.07, 6.45) is 1.77. The minimum atomic E-state index is 0.0461. The lowest BCUT2D eigenvalue weighted by atomic mass is 9.95. The summed E-state index contributed by atoms with van der Waals surface area (Å²) in [5.74, 6) is 0.418. The Bertz CT molecular complexity index is 297. The molecule has 1 heterocycles. The van der Waals surface area contributed by atoms with Gasteiger partial charge in [-0.05, 0) is 30.0 Å². The fourth-order valence-corrected chi connectivity index (χ4v) is 1.45. The summed E-state index contributed by atoms with van der Waals surface area (Å²) in [5, 5.41) is 0.525. The third-order valence-corrected chi connectivity index (χ3v) is 2.40. The maximum atomic E-state index is 6.01. The van der Waals surface area contributed by atoms with Gasteiger partial charge < -0.3 is 5.73 Å². The Balaban J connectivity index is 3.01. The molecule has 0 saturated carbocycles. The second-order valence-electron chi connectivity index (χ2n) is 3.63. The van der Waals surface area contributed by atoms with Gasteiger partial charge in [0.1, 0.15) is 5.15 Å². The maximum Gasteiger partial charge on any atom is 0.129 e. The van der Waals surface area contributed by atoms with Crippen LogP contribution in [-0.2, 0) is 0 Å². The molecule has 0 saturated heterocycles. The third-order valence-electron chi connectivity index (χ3n) is 2.20. The lowest BCUT2D eigenvalue weighted by molar-refractivity contribution is 0.511. The summed E-state index contributed by atoms with van der Waals surface area (Å²) >= 11 is 5.75. The maximum absolute atomic E-state index is 6.01. The van der Waals surface area contributed by atoms with E-state index in [1.54, 1.807) is 6.20 Å². The lowest BCUT2D eigenvalue weighted by Gasteiger charge is -2.17. The number of nitrogens with two attached hydrogens (primary N) is 1. The average Bonchev–Trinajstić information content (AvgIpc) is 2.03. The van der Waals surface area contributed by atoms with E-state index in [9.17, 15) is 0 Å². The van der Waals surface area contributed by atoms with Crippen LogP contribution in [0.2, 0.25) is 5.15 Å². The van der Waals surface area contributed by atoms with E-state index in [-0.39, 0.29) is 6.04 Å². The first-order chi connectivity index (χ1) is 6.02. The topological polar surface area (TPSA) is 38.9 Å². The predicted octanol–water partition coefficient (Wildman–Crippen LogP) is 2.70. The van der Waals surface area contributed by atoms with Crippen molar-refractivity contribution in [3.8, 4) is 0 Å². The summed E-state index contributed by atoms with van der Waals surface area (Å²) in [7, 11) is 0. The smallest absolute Gasteiger partial charge is 0.129 e. The molecule has 1 aromatic heterocycles. The molecule has 0 unspecified atom stereocenters. The molecular formula is C10H15ClN2. The highest BCUT2D eigenvalue weighted by molar-refractivity contribution is 6.29. The molecule has 0 bridgehead atoms. The van der Waals surface area contributed by atoms with Crippen LogP contribution in [0.25, 0.3) is 0 Å². The van der Waals surface area contributed by atoms with Crippen molar-refractivity contribution in [1.82, 2.24) is 4.98 Å². The van der Waals surface area contributed by atoms with E-state index >= 15 is 0 Å². The zero-order chi connectivity index (χ0) is 10.0. The van der Waals surface area contributed by atoms with Crippen molar-refractivity contribution in [3.63, 3.8) is 0 Å². The summed E-state index contributed by atoms with van der Waals surface area (Å²) in [6, 6.07) is 1.89. The molecule has 13 heavy (non-hydrogen) atoms. The van der Waals surface area contributed by atoms with E-state index in [2.05, 4.69) is 18.8 Å². The first-order valence-corrected chi connectivity index (χ1v) is 4.77. The second-order valence-corrected chi connectivity index (χ2v) is 4.02. The van der Waals surface area contributed by atoms with Gasteiger partial charge in [0.2, 0.25) is 0 Å². The number of hydrogen-bond acceptors (Lipinski definition) is 2. The fraction of sp³-hybridized carbons (Fsp3) is 0.500. The summed E-state index contributed by atoms with van der Waals surface area (Å²) < 4.78 is 0. The molecule has 2 nitrogen and oxygen atoms in total. The van der Waals surface area contributed by atoms with E-state index < -0.39 is 0 Å². The molecule has 0 radical (unpaired) electrons. The molecule has 2 N–H and O–H groups in total. The Hall–Kier alpha value is -0.600. The number of hydrogen-bond donors (Lipinski definition) is 1. The molecule has 0 aliphatic heterocycles. The van der Waals surface area contributed by atoms with Gasteiger partial charge in [-0.15, -0.1) is 0 Å². The Morgan fingerprint density at radius 2 is 2.08 bits per heavy atom. The Kier molecular flexibility index (Phi) is 3.28. The monoisotopic (exact) mass is 198 g/mol. The minimum Gasteiger partial charge on any atom is -0.324 e. The molecule has 72 valence electrons. The molecule has 0 fully saturated rings. The van der Waals surface area contributed by atoms with Crippen LogP contribution in [0.3, 0.4) is 0 Å². The Labute approximate surface area is 84.1 Å². The molecular weight excluding hydrogens is 184 g/mol. The van der Waals surface area contributed by atoms with Gasteiger partial charge in [-0.25, -0.2) is 4.98 Å². The standard InChI is InChI=1S/C10H15ClN2/c1-6(2)10(12)8-5-13-9(11)4-7(8)3/h4-6,10H,12H2,1-3H3/t10-/m1/s1. The Morgan fingerprint density at radius 1 is 1.46 bits per heavy atom. The molecule has 0 aliphatic carbocycles. The lowest BCUT2D eigenvalue weighted by Crippen LogP contribution is -2.18. The molecule has 1 rings (SSSR count). The van der Waals surface area contributed by atoms with Crippen molar-refractivity contribution >= 4 is 11.6 Å². The van der Waals surface area contributed by atoms with Crippen LogP contribution in [0.4, 0.5) is 0 Å². The fourth-order valence-electron chi connectivity index (χ4n) is 1.24. The molecule has 0 aliphatic rings. The normalized spacial score (nSPS) is 13.4. The number of pyridine rings is 1. The Morgan fingerprint density at radius 3 is 2.54 bits per heavy atom. The van der Waals surface area contributed by atoms with Gasteiger partial charge in [-0.2, -0.15) is 0 Å². The van der Waals surface area contributed by atoms with Crippen LogP contribution in [0.1, 0.15) is 31.0 Å². The van der Waals surface area contributed by atoms with Crippen LogP contribution < -0.4 is 5.73 Å². The zero-order valence-electron chi connectivity index (χ0n) is 8.21. The molecule has 0 amide bonds. The van der Waals surface area contributed by atoms with Crippen molar-refractivity contribution in [2.24, 2.45) is 11.7 Å². The summed E-state index contributed by atoms with van der Waals surface area (Å²) in [4.78, 5) is 4.03. The first-order valence-electron chi connectivity index (χ1n) is 4.40. The molecule has 1 aromatic rings. The SMILES string of the molecule is Cc1cc(Cl)ncc1[C@H](N)C(C)C. The van der Waals surface area contributed by atoms with Gasteiger partial charge in [0, 0.05) is 12.2 Å². The molecule has 0 aromatic carbocycles. The van der Waals surface area contributed by atoms with Gasteiger partial charge in [0.05, 0.1) is 0 Å². The largest absolute Gasteiger partial charge is 0.324 e. The van der Waals surface area contributed by atoms with Crippen molar-refractivity contribution in [1.29, 1.82) is 0 Å². The number of nitrogens with zero attached hydrogens (tertiary/aromatic N) is 1. The minimum absolute atomic E-state index is 0.0461. The van der Waals surface area contributed by atoms with E-state index in [0.29, 0.717) is 11.1 Å². The van der Waals surface area contributed by atoms with Crippen LogP contribution in [0.5, 0.6) is 0 Å². The van der Waals surface area contributed by atoms with Gasteiger partial charge in [0.15, 0.2) is 0 Å². The van der Waals surface area contributed by atoms with Crippen LogP contribution >= 0.6 is 11.6 Å². The predicted molar refractivity (Wildman–Crippen MR) is 55.8 cm³/mol. The van der Waals surface area contributed by atoms with Crippen LogP contribution in [0.15, 0.2) is 12.3 Å². The number of halogens is 1. The molecule has 0 spiro atoms. The van der Waals surface area contributed by atoms with Gasteiger partial charge >= 0.3 is 0 Å². The average molecular weight is 199 g/mol. The van der Waals surface area contributed by atoms with Crippen molar-refractivity contribution in [2.75, 3.05) is 0 Å². The van der Waals surface area contributed by atoms with Crippen molar-refractivity contribution < 1.29 is 0 Å². The molecule has 3 heteroatoms. The molecule has 1 atom stereocenters. The van der Waals surface area contributed by atoms with E-state index in [0.717, 1.165) is 11.1 Å². The van der Waals surface area contributed by atoms with Crippen molar-refractivity contribution in [3.05, 3.63) is 28.5 Å². The quantitative estimate of drug-likeness (QED) is 0.743. The van der Waals surface area contributed by atoms with Crippen molar-refractivity contribution in [2.45, 2.75) is 26.8 Å². The summed E-state index contributed by atoms with van der Waals surface area (Å²) in [5.41, 5.74) is 8.20. The number of aryl methyl sites for hydroxylation is 1. The van der Waals surface area contributed by atoms with E-state index in [4.69, 9.17) is 17.3 Å². The van der Waals surface area contributed by atoms with E-state index in [1.807, 2.05) is 13.0 Å². The third kappa shape index (κ3) is 2.42. The van der Waals surface area contributed by atoms with Gasteiger partial charge in [-0.1, -0.05) is 25.4 Å². The van der Waals surface area contributed by atoms with E-state index in [1.165, 1.54) is 0 Å². The number of aromatic nitrogens is 1. The zero-order valence-corrected chi connectivity index (χ0v) is 8.97. The van der Waals surface area contributed by atoms with Crippen LogP contribution in [-0.4, -0.2) is 4.98 Å².